The van der Waals surface area contributed by atoms with Gasteiger partial charge in [-0.25, -0.2) is 0 Å². The highest BCUT2D eigenvalue weighted by Crippen LogP contribution is 2.62. The highest BCUT2D eigenvalue weighted by Gasteiger charge is 2.63. The number of nitrogens with one attached hydrogen (secondary N) is 1. The fraction of sp³-hybridized carbons (Fsp3) is 0.750. The minimum absolute atomic E-state index is 0.259. The zero-order chi connectivity index (χ0) is 16.9. The van der Waals surface area contributed by atoms with E-state index in [1.165, 1.54) is 24.8 Å². The number of carbonyl (C=O) groups is 1. The Hall–Kier alpha value is -0.910. The van der Waals surface area contributed by atoms with E-state index in [2.05, 4.69) is 27.0 Å². The average molecular weight is 361 g/mol. The second kappa shape index (κ2) is 6.07. The van der Waals surface area contributed by atoms with Crippen LogP contribution in [0.25, 0.3) is 0 Å². The number of ether oxygens (including phenoxy) is 1. The van der Waals surface area contributed by atoms with E-state index in [0.29, 0.717) is 17.4 Å². The molecule has 1 aromatic rings. The molecule has 1 aromatic heterocycles. The molecular formula is C20H28N2O2S. The van der Waals surface area contributed by atoms with Crippen molar-refractivity contribution in [2.75, 3.05) is 26.3 Å². The summed E-state index contributed by atoms with van der Waals surface area (Å²) in [6.45, 7) is 4.72. The molecule has 2 aliphatic carbocycles. The van der Waals surface area contributed by atoms with Crippen molar-refractivity contribution in [3.8, 4) is 0 Å². The number of nitrogens with zero attached hydrogens (tertiary/aromatic N) is 1. The Morgan fingerprint density at radius 2 is 2.00 bits per heavy atom. The van der Waals surface area contributed by atoms with Gasteiger partial charge in [-0.2, -0.15) is 11.3 Å². The van der Waals surface area contributed by atoms with Gasteiger partial charge < -0.3 is 15.0 Å². The zero-order valence-corrected chi connectivity index (χ0v) is 15.7. The third-order valence-electron chi connectivity index (χ3n) is 7.31. The Morgan fingerprint density at radius 1 is 1.20 bits per heavy atom. The Balaban J connectivity index is 1.34. The van der Waals surface area contributed by atoms with E-state index in [-0.39, 0.29) is 11.3 Å². The minimum atomic E-state index is 0.259. The van der Waals surface area contributed by atoms with Crippen LogP contribution in [-0.4, -0.2) is 43.2 Å². The molecule has 136 valence electrons. The Bertz CT molecular complexity index is 632. The van der Waals surface area contributed by atoms with Crippen molar-refractivity contribution in [3.05, 3.63) is 22.4 Å². The van der Waals surface area contributed by atoms with Crippen LogP contribution in [0.15, 0.2) is 16.8 Å². The number of amides is 1. The van der Waals surface area contributed by atoms with Gasteiger partial charge in [-0.1, -0.05) is 0 Å². The van der Waals surface area contributed by atoms with Gasteiger partial charge >= 0.3 is 0 Å². The van der Waals surface area contributed by atoms with E-state index in [0.717, 1.165) is 52.1 Å². The van der Waals surface area contributed by atoms with E-state index in [1.54, 1.807) is 11.3 Å². The number of carbonyl (C=O) groups excluding carboxylic acids is 1. The van der Waals surface area contributed by atoms with Crippen LogP contribution < -0.4 is 5.32 Å². The second-order valence-corrected chi connectivity index (χ2v) is 9.44. The predicted molar refractivity (Wildman–Crippen MR) is 98.4 cm³/mol. The van der Waals surface area contributed by atoms with Crippen molar-refractivity contribution >= 4 is 17.2 Å². The molecule has 2 saturated heterocycles. The first kappa shape index (κ1) is 16.3. The second-order valence-electron chi connectivity index (χ2n) is 8.66. The highest BCUT2D eigenvalue weighted by atomic mass is 32.1. The average Bonchev–Trinajstić information content (AvgIpc) is 3.43. The zero-order valence-electron chi connectivity index (χ0n) is 14.8. The summed E-state index contributed by atoms with van der Waals surface area (Å²) >= 11 is 1.73. The number of hydrogen-bond donors (Lipinski definition) is 1. The number of hydrogen-bond acceptors (Lipinski definition) is 4. The molecular weight excluding hydrogens is 332 g/mol. The van der Waals surface area contributed by atoms with Crippen molar-refractivity contribution < 1.29 is 9.53 Å². The van der Waals surface area contributed by atoms with Gasteiger partial charge in [0.05, 0.1) is 0 Å². The van der Waals surface area contributed by atoms with Gasteiger partial charge in [-0.05, 0) is 84.8 Å². The van der Waals surface area contributed by atoms with E-state index in [1.807, 2.05) is 0 Å². The van der Waals surface area contributed by atoms with Gasteiger partial charge in [0, 0.05) is 31.7 Å². The predicted octanol–water partition coefficient (Wildman–Crippen LogP) is 3.04. The SMILES string of the molecule is O=C([C@H]1CC12CCOCC2)N(Cc1ccsc1)[C@H]1CC12CCNCC2. The lowest BCUT2D eigenvalue weighted by molar-refractivity contribution is -0.136. The summed E-state index contributed by atoms with van der Waals surface area (Å²) in [5.74, 6) is 0.697. The minimum Gasteiger partial charge on any atom is -0.381 e. The topological polar surface area (TPSA) is 41.6 Å². The standard InChI is InChI=1S/C20H28N2O2S/c23-18(16-11-19(16)4-8-24-9-5-19)22(13-15-1-10-25-14-15)17-12-20(17)2-6-21-7-3-20/h1,10,14,16-17,21H,2-9,11-13H2/t16-,17+/m1/s1. The molecule has 1 amide bonds. The van der Waals surface area contributed by atoms with Crippen LogP contribution in [0.3, 0.4) is 0 Å². The van der Waals surface area contributed by atoms with Crippen LogP contribution >= 0.6 is 11.3 Å². The molecule has 0 bridgehead atoms. The van der Waals surface area contributed by atoms with Crippen molar-refractivity contribution in [3.63, 3.8) is 0 Å². The third kappa shape index (κ3) is 2.84. The monoisotopic (exact) mass is 360 g/mol. The molecule has 0 unspecified atom stereocenters. The largest absolute Gasteiger partial charge is 0.381 e. The van der Waals surface area contributed by atoms with E-state index >= 15 is 0 Å². The number of rotatable bonds is 4. The molecule has 2 saturated carbocycles. The maximum atomic E-state index is 13.5. The van der Waals surface area contributed by atoms with Crippen molar-refractivity contribution in [1.29, 1.82) is 0 Å². The third-order valence-corrected chi connectivity index (χ3v) is 8.05. The van der Waals surface area contributed by atoms with Crippen molar-refractivity contribution in [2.24, 2.45) is 16.7 Å². The smallest absolute Gasteiger partial charge is 0.226 e. The van der Waals surface area contributed by atoms with E-state index < -0.39 is 0 Å². The first-order chi connectivity index (χ1) is 12.2. The molecule has 0 radical (unpaired) electrons. The van der Waals surface area contributed by atoms with Crippen LogP contribution in [0.2, 0.25) is 0 Å². The molecule has 5 heteroatoms. The Labute approximate surface area is 153 Å². The summed E-state index contributed by atoms with van der Waals surface area (Å²) in [6, 6.07) is 2.65. The normalized spacial score (nSPS) is 31.8. The summed E-state index contributed by atoms with van der Waals surface area (Å²) in [5, 5.41) is 7.81. The quantitative estimate of drug-likeness (QED) is 0.897. The molecule has 1 N–H and O–H groups in total. The molecule has 0 aromatic carbocycles. The van der Waals surface area contributed by atoms with Crippen LogP contribution in [0.4, 0.5) is 0 Å². The lowest BCUT2D eigenvalue weighted by Gasteiger charge is -2.31. The molecule has 2 aliphatic heterocycles. The first-order valence-corrected chi connectivity index (χ1v) is 10.8. The summed E-state index contributed by atoms with van der Waals surface area (Å²) in [4.78, 5) is 15.8. The maximum Gasteiger partial charge on any atom is 0.226 e. The fourth-order valence-electron chi connectivity index (χ4n) is 5.38. The molecule has 2 atom stereocenters. The van der Waals surface area contributed by atoms with Crippen LogP contribution in [0.1, 0.15) is 44.1 Å². The molecule has 4 aliphatic rings. The molecule has 2 spiro atoms. The summed E-state index contributed by atoms with van der Waals surface area (Å²) in [6.07, 6.45) is 6.93. The van der Waals surface area contributed by atoms with Gasteiger partial charge in [-0.3, -0.25) is 4.79 Å². The molecule has 25 heavy (non-hydrogen) atoms. The summed E-state index contributed by atoms with van der Waals surface area (Å²) < 4.78 is 5.54. The molecule has 4 fully saturated rings. The molecule has 4 nitrogen and oxygen atoms in total. The summed E-state index contributed by atoms with van der Waals surface area (Å²) in [7, 11) is 0. The van der Waals surface area contributed by atoms with Gasteiger partial charge in [-0.15, -0.1) is 0 Å². The van der Waals surface area contributed by atoms with Crippen molar-refractivity contribution in [2.45, 2.75) is 51.1 Å². The van der Waals surface area contributed by atoms with Gasteiger partial charge in [0.1, 0.15) is 0 Å². The van der Waals surface area contributed by atoms with Crippen LogP contribution in [-0.2, 0) is 16.1 Å². The molecule has 3 heterocycles. The number of piperidine rings is 1. The van der Waals surface area contributed by atoms with Crippen molar-refractivity contribution in [1.82, 2.24) is 10.2 Å². The maximum absolute atomic E-state index is 13.5. The first-order valence-electron chi connectivity index (χ1n) is 9.83. The van der Waals surface area contributed by atoms with Gasteiger partial charge in [0.15, 0.2) is 0 Å². The van der Waals surface area contributed by atoms with Crippen LogP contribution in [0.5, 0.6) is 0 Å². The van der Waals surface area contributed by atoms with E-state index in [9.17, 15) is 4.79 Å². The Morgan fingerprint density at radius 3 is 2.72 bits per heavy atom. The van der Waals surface area contributed by atoms with Gasteiger partial charge in [0.2, 0.25) is 5.91 Å². The molecule has 5 rings (SSSR count). The summed E-state index contributed by atoms with van der Waals surface area (Å²) in [5.41, 5.74) is 1.99. The lowest BCUT2D eigenvalue weighted by Crippen LogP contribution is -2.40. The highest BCUT2D eigenvalue weighted by molar-refractivity contribution is 7.07. The van der Waals surface area contributed by atoms with Gasteiger partial charge in [0.25, 0.3) is 0 Å². The Kier molecular flexibility index (Phi) is 3.95. The van der Waals surface area contributed by atoms with E-state index in [4.69, 9.17) is 4.74 Å². The van der Waals surface area contributed by atoms with Crippen LogP contribution in [0, 0.1) is 16.7 Å². The fourth-order valence-corrected chi connectivity index (χ4v) is 6.04. The number of thiophene rings is 1. The lowest BCUT2D eigenvalue weighted by atomic mass is 9.92.